The fraction of sp³-hybridized carbons (Fsp3) is 0.286. The Morgan fingerprint density at radius 3 is 2.73 bits per heavy atom. The number of rotatable bonds is 2. The lowest BCUT2D eigenvalue weighted by molar-refractivity contribution is 0.297. The highest BCUT2D eigenvalue weighted by Crippen LogP contribution is 2.38. The van der Waals surface area contributed by atoms with Crippen molar-refractivity contribution in [2.75, 3.05) is 13.2 Å². The molecule has 0 spiro atoms. The minimum absolute atomic E-state index is 0.0582. The van der Waals surface area contributed by atoms with Crippen LogP contribution in [0.25, 0.3) is 0 Å². The van der Waals surface area contributed by atoms with Crippen molar-refractivity contribution < 1.29 is 9.47 Å². The van der Waals surface area contributed by atoms with Crippen molar-refractivity contribution in [2.24, 2.45) is 0 Å². The fourth-order valence-electron chi connectivity index (χ4n) is 2.11. The number of hydrogen-bond acceptors (Lipinski definition) is 4. The molecule has 3 rings (SSSR count). The normalized spacial score (nSPS) is 13.8. The van der Waals surface area contributed by atoms with Crippen molar-refractivity contribution in [1.82, 2.24) is 9.78 Å². The average molecular weight is 362 g/mol. The van der Waals surface area contributed by atoms with E-state index in [9.17, 15) is 4.79 Å². The second-order valence-corrected chi connectivity index (χ2v) is 5.92. The monoisotopic (exact) mass is 360 g/mol. The molecular weight excluding hydrogens is 351 g/mol. The lowest BCUT2D eigenvalue weighted by Gasteiger charge is -2.12. The molecule has 1 aromatic heterocycles. The van der Waals surface area contributed by atoms with Crippen LogP contribution in [-0.2, 0) is 6.54 Å². The summed E-state index contributed by atoms with van der Waals surface area (Å²) in [6.07, 6.45) is 2.12. The Morgan fingerprint density at radius 1 is 1.14 bits per heavy atom. The van der Waals surface area contributed by atoms with E-state index in [0.29, 0.717) is 29.7 Å². The van der Waals surface area contributed by atoms with Crippen molar-refractivity contribution in [3.63, 3.8) is 0 Å². The van der Waals surface area contributed by atoms with Gasteiger partial charge in [0.2, 0.25) is 0 Å². The highest BCUT2D eigenvalue weighted by molar-refractivity contribution is 6.41. The molecule has 2 heterocycles. The zero-order valence-electron chi connectivity index (χ0n) is 11.3. The molecule has 0 unspecified atom stereocenters. The van der Waals surface area contributed by atoms with Crippen molar-refractivity contribution in [3.05, 3.63) is 49.3 Å². The average Bonchev–Trinajstić information content (AvgIpc) is 2.74. The number of aromatic nitrogens is 2. The summed E-state index contributed by atoms with van der Waals surface area (Å²) in [5.74, 6) is 1.09. The highest BCUT2D eigenvalue weighted by Gasteiger charge is 2.16. The first kappa shape index (κ1) is 15.5. The van der Waals surface area contributed by atoms with Crippen LogP contribution in [0.2, 0.25) is 15.1 Å². The number of fused-ring (bicyclic) bond motifs is 1. The number of benzene rings is 1. The first-order chi connectivity index (χ1) is 10.6. The standard InChI is InChI=1S/C14H11Cl3N2O3/c15-9-4-8(5-11-13(9)22-3-1-2-21-11)7-19-14(20)12(17)10(16)6-18-19/h4-6H,1-3,7H2. The van der Waals surface area contributed by atoms with E-state index in [0.717, 1.165) is 12.0 Å². The molecule has 8 heteroatoms. The fourth-order valence-corrected chi connectivity index (χ4v) is 2.66. The third-order valence-electron chi connectivity index (χ3n) is 3.14. The van der Waals surface area contributed by atoms with Gasteiger partial charge < -0.3 is 9.47 Å². The predicted molar refractivity (Wildman–Crippen MR) is 84.7 cm³/mol. The van der Waals surface area contributed by atoms with Crippen LogP contribution < -0.4 is 15.0 Å². The number of hydrogen-bond donors (Lipinski definition) is 0. The summed E-state index contributed by atoms with van der Waals surface area (Å²) in [5, 5.41) is 4.47. The molecule has 116 valence electrons. The SMILES string of the molecule is O=c1c(Cl)c(Cl)cnn1Cc1cc(Cl)c2c(c1)OCCCO2. The van der Waals surface area contributed by atoms with E-state index in [2.05, 4.69) is 5.10 Å². The topological polar surface area (TPSA) is 53.4 Å². The lowest BCUT2D eigenvalue weighted by Crippen LogP contribution is -2.23. The third kappa shape index (κ3) is 3.02. The van der Waals surface area contributed by atoms with Crippen molar-refractivity contribution >= 4 is 34.8 Å². The molecule has 2 aromatic rings. The quantitative estimate of drug-likeness (QED) is 0.822. The summed E-state index contributed by atoms with van der Waals surface area (Å²) in [7, 11) is 0. The summed E-state index contributed by atoms with van der Waals surface area (Å²) in [4.78, 5) is 12.0. The van der Waals surface area contributed by atoms with Gasteiger partial charge in [-0.2, -0.15) is 5.10 Å². The molecule has 1 aromatic carbocycles. The van der Waals surface area contributed by atoms with E-state index in [1.54, 1.807) is 12.1 Å². The van der Waals surface area contributed by atoms with E-state index < -0.39 is 5.56 Å². The van der Waals surface area contributed by atoms with Gasteiger partial charge in [0.25, 0.3) is 5.56 Å². The molecule has 0 saturated heterocycles. The molecular formula is C14H11Cl3N2O3. The lowest BCUT2D eigenvalue weighted by atomic mass is 10.2. The Labute approximate surface area is 141 Å². The van der Waals surface area contributed by atoms with Gasteiger partial charge in [0.1, 0.15) is 5.02 Å². The van der Waals surface area contributed by atoms with Gasteiger partial charge >= 0.3 is 0 Å². The van der Waals surface area contributed by atoms with E-state index >= 15 is 0 Å². The molecule has 0 aliphatic carbocycles. The maximum atomic E-state index is 12.0. The van der Waals surface area contributed by atoms with Gasteiger partial charge in [0.05, 0.1) is 36.0 Å². The zero-order valence-corrected chi connectivity index (χ0v) is 13.6. The van der Waals surface area contributed by atoms with Gasteiger partial charge in [-0.15, -0.1) is 0 Å². The van der Waals surface area contributed by atoms with Crippen LogP contribution in [-0.4, -0.2) is 23.0 Å². The summed E-state index contributed by atoms with van der Waals surface area (Å²) in [5.41, 5.74) is 0.291. The molecule has 0 radical (unpaired) electrons. The van der Waals surface area contributed by atoms with Crippen LogP contribution >= 0.6 is 34.8 Å². The van der Waals surface area contributed by atoms with Gasteiger partial charge in [0.15, 0.2) is 11.5 Å². The predicted octanol–water partition coefficient (Wildman–Crippen LogP) is 3.41. The molecule has 1 aliphatic rings. The summed E-state index contributed by atoms with van der Waals surface area (Å²) < 4.78 is 12.4. The van der Waals surface area contributed by atoms with E-state index in [-0.39, 0.29) is 16.6 Å². The summed E-state index contributed by atoms with van der Waals surface area (Å²) in [6.45, 7) is 1.31. The first-order valence-electron chi connectivity index (χ1n) is 6.55. The zero-order chi connectivity index (χ0) is 15.7. The summed E-state index contributed by atoms with van der Waals surface area (Å²) >= 11 is 17.8. The Morgan fingerprint density at radius 2 is 1.91 bits per heavy atom. The molecule has 22 heavy (non-hydrogen) atoms. The summed E-state index contributed by atoms with van der Waals surface area (Å²) in [6, 6.07) is 3.49. The van der Waals surface area contributed by atoms with Gasteiger partial charge in [0, 0.05) is 6.42 Å². The minimum atomic E-state index is -0.461. The Bertz CT molecular complexity index is 777. The van der Waals surface area contributed by atoms with Crippen LogP contribution in [0.15, 0.2) is 23.1 Å². The van der Waals surface area contributed by atoms with Gasteiger partial charge in [-0.1, -0.05) is 34.8 Å². The minimum Gasteiger partial charge on any atom is -0.489 e. The number of ether oxygens (including phenoxy) is 2. The number of halogens is 3. The van der Waals surface area contributed by atoms with Crippen LogP contribution in [0.5, 0.6) is 11.5 Å². The number of nitrogens with zero attached hydrogens (tertiary/aromatic N) is 2. The second-order valence-electron chi connectivity index (χ2n) is 4.72. The molecule has 0 saturated carbocycles. The maximum Gasteiger partial charge on any atom is 0.287 e. The largest absolute Gasteiger partial charge is 0.489 e. The molecule has 1 aliphatic heterocycles. The van der Waals surface area contributed by atoms with Crippen molar-refractivity contribution in [3.8, 4) is 11.5 Å². The van der Waals surface area contributed by atoms with Crippen LogP contribution in [0.4, 0.5) is 0 Å². The third-order valence-corrected chi connectivity index (χ3v) is 4.17. The van der Waals surface area contributed by atoms with E-state index in [4.69, 9.17) is 44.3 Å². The van der Waals surface area contributed by atoms with Crippen LogP contribution in [0.1, 0.15) is 12.0 Å². The Balaban J connectivity index is 1.97. The first-order valence-corrected chi connectivity index (χ1v) is 7.69. The maximum absolute atomic E-state index is 12.0. The van der Waals surface area contributed by atoms with E-state index in [1.807, 2.05) is 0 Å². The van der Waals surface area contributed by atoms with Crippen molar-refractivity contribution in [2.45, 2.75) is 13.0 Å². The van der Waals surface area contributed by atoms with Gasteiger partial charge in [-0.3, -0.25) is 4.79 Å². The van der Waals surface area contributed by atoms with Crippen LogP contribution in [0, 0.1) is 0 Å². The highest BCUT2D eigenvalue weighted by atomic mass is 35.5. The molecule has 0 atom stereocenters. The van der Waals surface area contributed by atoms with Gasteiger partial charge in [-0.25, -0.2) is 4.68 Å². The second kappa shape index (κ2) is 6.36. The molecule has 5 nitrogen and oxygen atoms in total. The molecule has 0 N–H and O–H groups in total. The molecule has 0 bridgehead atoms. The van der Waals surface area contributed by atoms with Crippen molar-refractivity contribution in [1.29, 1.82) is 0 Å². The molecule has 0 fully saturated rings. The van der Waals surface area contributed by atoms with E-state index in [1.165, 1.54) is 10.9 Å². The Hall–Kier alpha value is -1.43. The molecule has 0 amide bonds. The van der Waals surface area contributed by atoms with Gasteiger partial charge in [-0.05, 0) is 17.7 Å². The van der Waals surface area contributed by atoms with Crippen LogP contribution in [0.3, 0.4) is 0 Å². The Kier molecular flexibility index (Phi) is 4.47. The smallest absolute Gasteiger partial charge is 0.287 e.